The Bertz CT molecular complexity index is 377. The van der Waals surface area contributed by atoms with Gasteiger partial charge in [0.1, 0.15) is 11.9 Å². The van der Waals surface area contributed by atoms with Crippen molar-refractivity contribution >= 4 is 0 Å². The van der Waals surface area contributed by atoms with Gasteiger partial charge in [0, 0.05) is 12.5 Å². The molecule has 1 aromatic rings. The van der Waals surface area contributed by atoms with Crippen molar-refractivity contribution in [3.8, 4) is 5.75 Å². The number of nitrogens with one attached hydrogen (secondary N) is 1. The highest BCUT2D eigenvalue weighted by molar-refractivity contribution is 5.27. The number of hydrogen-bond donors (Lipinski definition) is 2. The maximum absolute atomic E-state index is 9.02. The fraction of sp³-hybridized carbons (Fsp3) is 0.600. The molecule has 1 saturated heterocycles. The van der Waals surface area contributed by atoms with E-state index in [2.05, 4.69) is 19.2 Å². The third kappa shape index (κ3) is 4.20. The van der Waals surface area contributed by atoms with E-state index in [-0.39, 0.29) is 18.8 Å². The Labute approximate surface area is 114 Å². The molecule has 1 aromatic carbocycles. The average Bonchev–Trinajstić information content (AvgIpc) is 2.41. The highest BCUT2D eigenvalue weighted by Crippen LogP contribution is 2.19. The van der Waals surface area contributed by atoms with Gasteiger partial charge < -0.3 is 19.9 Å². The molecule has 2 N–H and O–H groups in total. The van der Waals surface area contributed by atoms with Gasteiger partial charge in [-0.3, -0.25) is 0 Å². The Hall–Kier alpha value is -1.10. The maximum atomic E-state index is 9.02. The summed E-state index contributed by atoms with van der Waals surface area (Å²) in [5, 5.41) is 12.5. The summed E-state index contributed by atoms with van der Waals surface area (Å²) in [6, 6.07) is 8.24. The van der Waals surface area contributed by atoms with Gasteiger partial charge in [0.25, 0.3) is 0 Å². The van der Waals surface area contributed by atoms with Gasteiger partial charge in [0.2, 0.25) is 0 Å². The van der Waals surface area contributed by atoms with Crippen LogP contribution in [0.15, 0.2) is 24.3 Å². The summed E-state index contributed by atoms with van der Waals surface area (Å²) in [6.45, 7) is 5.76. The summed E-state index contributed by atoms with van der Waals surface area (Å²) >= 11 is 0. The number of benzene rings is 1. The van der Waals surface area contributed by atoms with Crippen LogP contribution in [0.5, 0.6) is 5.75 Å². The van der Waals surface area contributed by atoms with Gasteiger partial charge in [0.15, 0.2) is 0 Å². The van der Waals surface area contributed by atoms with Crippen molar-refractivity contribution < 1.29 is 14.6 Å². The van der Waals surface area contributed by atoms with Crippen LogP contribution in [0.2, 0.25) is 0 Å². The van der Waals surface area contributed by atoms with Gasteiger partial charge in [-0.2, -0.15) is 0 Å². The van der Waals surface area contributed by atoms with Gasteiger partial charge in [0.05, 0.1) is 25.9 Å². The molecular weight excluding hydrogens is 242 g/mol. The molecule has 0 spiro atoms. The van der Waals surface area contributed by atoms with Gasteiger partial charge in [-0.05, 0) is 17.7 Å². The van der Waals surface area contributed by atoms with Crippen molar-refractivity contribution in [3.63, 3.8) is 0 Å². The Morgan fingerprint density at radius 1 is 1.37 bits per heavy atom. The summed E-state index contributed by atoms with van der Waals surface area (Å²) in [5.41, 5.74) is 0.899. The third-order valence-corrected chi connectivity index (χ3v) is 3.23. The first-order valence-electron chi connectivity index (χ1n) is 6.89. The quantitative estimate of drug-likeness (QED) is 0.851. The van der Waals surface area contributed by atoms with E-state index in [9.17, 15) is 0 Å². The summed E-state index contributed by atoms with van der Waals surface area (Å²) in [4.78, 5) is 0. The molecule has 0 unspecified atom stereocenters. The minimum Gasteiger partial charge on any atom is -0.489 e. The van der Waals surface area contributed by atoms with E-state index < -0.39 is 0 Å². The smallest absolute Gasteiger partial charge is 0.119 e. The van der Waals surface area contributed by atoms with Crippen LogP contribution in [0.1, 0.15) is 25.8 Å². The van der Waals surface area contributed by atoms with Crippen LogP contribution in [0.25, 0.3) is 0 Å². The second kappa shape index (κ2) is 6.89. The summed E-state index contributed by atoms with van der Waals surface area (Å²) in [6.07, 6.45) is 1.03. The predicted molar refractivity (Wildman–Crippen MR) is 74.3 cm³/mol. The lowest BCUT2D eigenvalue weighted by Crippen LogP contribution is -2.51. The molecule has 0 radical (unpaired) electrons. The number of aliphatic hydroxyl groups excluding tert-OH is 1. The molecular formula is C15H23NO3. The number of rotatable bonds is 5. The van der Waals surface area contributed by atoms with Crippen molar-refractivity contribution in [2.45, 2.75) is 45.1 Å². The Balaban J connectivity index is 1.97. The molecule has 0 amide bonds. The molecule has 0 bridgehead atoms. The van der Waals surface area contributed by atoms with Crippen LogP contribution in [0, 0.1) is 0 Å². The SMILES string of the molecule is CC(C)N[C@@H]1COCC[C@H]1Oc1ccc(CO)cc1. The topological polar surface area (TPSA) is 50.7 Å². The Kier molecular flexibility index (Phi) is 5.19. The number of ether oxygens (including phenoxy) is 2. The molecule has 1 aliphatic rings. The summed E-state index contributed by atoms with van der Waals surface area (Å²) in [7, 11) is 0. The van der Waals surface area contributed by atoms with E-state index >= 15 is 0 Å². The fourth-order valence-corrected chi connectivity index (χ4v) is 2.29. The van der Waals surface area contributed by atoms with Crippen molar-refractivity contribution in [1.82, 2.24) is 5.32 Å². The molecule has 1 aliphatic heterocycles. The van der Waals surface area contributed by atoms with Crippen LogP contribution in [0.4, 0.5) is 0 Å². The standard InChI is InChI=1S/C15H23NO3/c1-11(2)16-14-10-18-8-7-15(14)19-13-5-3-12(9-17)4-6-13/h3-6,11,14-17H,7-10H2,1-2H3/t14-,15-/m1/s1. The average molecular weight is 265 g/mol. The van der Waals surface area contributed by atoms with E-state index in [1.54, 1.807) is 0 Å². The summed E-state index contributed by atoms with van der Waals surface area (Å²) < 4.78 is 11.6. The van der Waals surface area contributed by atoms with Crippen LogP contribution >= 0.6 is 0 Å². The van der Waals surface area contributed by atoms with Crippen LogP contribution < -0.4 is 10.1 Å². The second-order valence-corrected chi connectivity index (χ2v) is 5.25. The molecule has 0 aromatic heterocycles. The molecule has 0 aliphatic carbocycles. The lowest BCUT2D eigenvalue weighted by Gasteiger charge is -2.33. The molecule has 4 nitrogen and oxygen atoms in total. The van der Waals surface area contributed by atoms with Gasteiger partial charge in [-0.15, -0.1) is 0 Å². The van der Waals surface area contributed by atoms with E-state index in [1.165, 1.54) is 0 Å². The van der Waals surface area contributed by atoms with Crippen molar-refractivity contribution in [2.24, 2.45) is 0 Å². The van der Waals surface area contributed by atoms with E-state index in [0.29, 0.717) is 12.6 Å². The maximum Gasteiger partial charge on any atom is 0.119 e. The first kappa shape index (κ1) is 14.3. The first-order valence-corrected chi connectivity index (χ1v) is 6.89. The molecule has 2 rings (SSSR count). The largest absolute Gasteiger partial charge is 0.489 e. The molecule has 106 valence electrons. The highest BCUT2D eigenvalue weighted by atomic mass is 16.5. The van der Waals surface area contributed by atoms with Crippen molar-refractivity contribution in [3.05, 3.63) is 29.8 Å². The Morgan fingerprint density at radius 3 is 2.74 bits per heavy atom. The predicted octanol–water partition coefficient (Wildman–Crippen LogP) is 1.71. The summed E-state index contributed by atoms with van der Waals surface area (Å²) in [5.74, 6) is 0.847. The normalized spacial score (nSPS) is 23.6. The highest BCUT2D eigenvalue weighted by Gasteiger charge is 2.27. The number of aliphatic hydroxyl groups is 1. The van der Waals surface area contributed by atoms with Gasteiger partial charge >= 0.3 is 0 Å². The fourth-order valence-electron chi connectivity index (χ4n) is 2.29. The molecule has 1 fully saturated rings. The van der Waals surface area contributed by atoms with Crippen LogP contribution in [-0.4, -0.2) is 36.5 Å². The van der Waals surface area contributed by atoms with Gasteiger partial charge in [-0.25, -0.2) is 0 Å². The molecule has 4 heteroatoms. The lowest BCUT2D eigenvalue weighted by atomic mass is 10.1. The van der Waals surface area contributed by atoms with Crippen molar-refractivity contribution in [1.29, 1.82) is 0 Å². The zero-order valence-corrected chi connectivity index (χ0v) is 11.6. The Morgan fingerprint density at radius 2 is 2.11 bits per heavy atom. The van der Waals surface area contributed by atoms with Gasteiger partial charge in [-0.1, -0.05) is 26.0 Å². The minimum absolute atomic E-state index is 0.0646. The monoisotopic (exact) mass is 265 g/mol. The van der Waals surface area contributed by atoms with E-state index in [4.69, 9.17) is 14.6 Å². The van der Waals surface area contributed by atoms with E-state index in [0.717, 1.165) is 24.3 Å². The zero-order chi connectivity index (χ0) is 13.7. The molecule has 1 heterocycles. The molecule has 2 atom stereocenters. The number of hydrogen-bond acceptors (Lipinski definition) is 4. The zero-order valence-electron chi connectivity index (χ0n) is 11.6. The van der Waals surface area contributed by atoms with E-state index in [1.807, 2.05) is 24.3 Å². The van der Waals surface area contributed by atoms with Crippen LogP contribution in [-0.2, 0) is 11.3 Å². The lowest BCUT2D eigenvalue weighted by molar-refractivity contribution is -0.00632. The van der Waals surface area contributed by atoms with Crippen molar-refractivity contribution in [2.75, 3.05) is 13.2 Å². The molecule has 19 heavy (non-hydrogen) atoms. The first-order chi connectivity index (χ1) is 9.19. The van der Waals surface area contributed by atoms with Crippen LogP contribution in [0.3, 0.4) is 0 Å². The minimum atomic E-state index is 0.0646. The second-order valence-electron chi connectivity index (χ2n) is 5.25. The third-order valence-electron chi connectivity index (χ3n) is 3.23. The molecule has 0 saturated carbocycles.